The van der Waals surface area contributed by atoms with E-state index in [4.69, 9.17) is 11.6 Å². The molecule has 20 heavy (non-hydrogen) atoms. The third-order valence-electron chi connectivity index (χ3n) is 2.69. The van der Waals surface area contributed by atoms with Crippen LogP contribution in [-0.4, -0.2) is 11.6 Å². The predicted octanol–water partition coefficient (Wildman–Crippen LogP) is 3.63. The lowest BCUT2D eigenvalue weighted by atomic mass is 10.1. The van der Waals surface area contributed by atoms with Crippen molar-refractivity contribution in [2.45, 2.75) is 6.92 Å². The predicted molar refractivity (Wildman–Crippen MR) is 77.5 cm³/mol. The highest BCUT2D eigenvalue weighted by molar-refractivity contribution is 6.31. The van der Waals surface area contributed by atoms with Crippen molar-refractivity contribution < 1.29 is 9.18 Å². The molecule has 0 saturated heterocycles. The first-order valence-corrected chi connectivity index (χ1v) is 6.31. The quantitative estimate of drug-likeness (QED) is 0.680. The smallest absolute Gasteiger partial charge is 0.267 e. The fourth-order valence-electron chi connectivity index (χ4n) is 1.62. The number of halogens is 2. The van der Waals surface area contributed by atoms with Crippen molar-refractivity contribution in [2.24, 2.45) is 5.10 Å². The van der Waals surface area contributed by atoms with Gasteiger partial charge < -0.3 is 0 Å². The number of nitrogens with one attached hydrogen (secondary N) is 1. The van der Waals surface area contributed by atoms with E-state index in [1.807, 2.05) is 6.07 Å². The summed E-state index contributed by atoms with van der Waals surface area (Å²) in [4.78, 5) is 11.8. The van der Waals surface area contributed by atoms with Crippen LogP contribution in [0, 0.1) is 5.82 Å². The topological polar surface area (TPSA) is 41.5 Å². The highest BCUT2D eigenvalue weighted by Gasteiger charge is 2.09. The molecule has 1 amide bonds. The molecule has 2 rings (SSSR count). The molecule has 0 atom stereocenters. The Balaban J connectivity index is 2.13. The molecule has 0 fully saturated rings. The Morgan fingerprint density at radius 2 is 1.95 bits per heavy atom. The zero-order chi connectivity index (χ0) is 14.5. The van der Waals surface area contributed by atoms with Crippen LogP contribution in [-0.2, 0) is 0 Å². The molecule has 0 aromatic heterocycles. The van der Waals surface area contributed by atoms with Gasteiger partial charge in [-0.1, -0.05) is 35.9 Å². The highest BCUT2D eigenvalue weighted by Crippen LogP contribution is 2.11. The van der Waals surface area contributed by atoms with Gasteiger partial charge in [0.15, 0.2) is 0 Å². The molecule has 0 unspecified atom stereocenters. The summed E-state index contributed by atoms with van der Waals surface area (Å²) in [6, 6.07) is 12.8. The molecule has 3 nitrogen and oxygen atoms in total. The second-order valence-corrected chi connectivity index (χ2v) is 4.56. The molecule has 1 N–H and O–H groups in total. The zero-order valence-corrected chi connectivity index (χ0v) is 11.5. The van der Waals surface area contributed by atoms with E-state index in [9.17, 15) is 9.18 Å². The van der Waals surface area contributed by atoms with Crippen LogP contribution < -0.4 is 5.43 Å². The van der Waals surface area contributed by atoms with Gasteiger partial charge in [-0.05, 0) is 36.8 Å². The van der Waals surface area contributed by atoms with E-state index >= 15 is 0 Å². The Morgan fingerprint density at radius 1 is 1.20 bits per heavy atom. The number of hydrazone groups is 1. The maximum Gasteiger partial charge on any atom is 0.274 e. The van der Waals surface area contributed by atoms with Crippen molar-refractivity contribution in [1.29, 1.82) is 0 Å². The first kappa shape index (κ1) is 14.2. The standard InChI is InChI=1S/C15H12ClFN2O/c1-10(11-5-4-6-12(16)9-11)18-19-15(20)13-7-2-3-8-14(13)17/h2-9H,1H3,(H,19,20)/b18-10-. The molecule has 102 valence electrons. The maximum atomic E-state index is 13.4. The number of carbonyl (C=O) groups excluding carboxylic acids is 1. The van der Waals surface area contributed by atoms with E-state index in [2.05, 4.69) is 10.5 Å². The van der Waals surface area contributed by atoms with Gasteiger partial charge in [-0.15, -0.1) is 0 Å². The number of amides is 1. The van der Waals surface area contributed by atoms with Crippen LogP contribution in [0.1, 0.15) is 22.8 Å². The number of nitrogens with zero attached hydrogens (tertiary/aromatic N) is 1. The second-order valence-electron chi connectivity index (χ2n) is 4.13. The SMILES string of the molecule is C/C(=N/NC(=O)c1ccccc1F)c1cccc(Cl)c1. The number of hydrogen-bond acceptors (Lipinski definition) is 2. The van der Waals surface area contributed by atoms with Gasteiger partial charge in [0.1, 0.15) is 5.82 Å². The van der Waals surface area contributed by atoms with Gasteiger partial charge in [0.25, 0.3) is 5.91 Å². The Kier molecular flexibility index (Phi) is 4.48. The van der Waals surface area contributed by atoms with Crippen LogP contribution in [0.15, 0.2) is 53.6 Å². The Hall–Kier alpha value is -2.20. The summed E-state index contributed by atoms with van der Waals surface area (Å²) in [6.07, 6.45) is 0. The van der Waals surface area contributed by atoms with E-state index in [0.29, 0.717) is 10.7 Å². The van der Waals surface area contributed by atoms with Crippen molar-refractivity contribution in [1.82, 2.24) is 5.43 Å². The first-order valence-electron chi connectivity index (χ1n) is 5.93. The Bertz CT molecular complexity index is 670. The van der Waals surface area contributed by atoms with Gasteiger partial charge in [-0.2, -0.15) is 5.10 Å². The van der Waals surface area contributed by atoms with E-state index in [0.717, 1.165) is 5.56 Å². The molecule has 0 saturated carbocycles. The van der Waals surface area contributed by atoms with Crippen molar-refractivity contribution in [3.05, 3.63) is 70.5 Å². The minimum absolute atomic E-state index is 0.0462. The Labute approximate surface area is 121 Å². The Morgan fingerprint density at radius 3 is 2.65 bits per heavy atom. The van der Waals surface area contributed by atoms with E-state index in [1.165, 1.54) is 18.2 Å². The molecular formula is C15H12ClFN2O. The molecule has 0 spiro atoms. The molecule has 5 heteroatoms. The number of benzene rings is 2. The minimum Gasteiger partial charge on any atom is -0.267 e. The van der Waals surface area contributed by atoms with Crippen LogP contribution >= 0.6 is 11.6 Å². The number of rotatable bonds is 3. The minimum atomic E-state index is -0.593. The van der Waals surface area contributed by atoms with Crippen LogP contribution in [0.2, 0.25) is 5.02 Å². The molecule has 0 bridgehead atoms. The summed E-state index contributed by atoms with van der Waals surface area (Å²) in [5.41, 5.74) is 3.64. The van der Waals surface area contributed by atoms with Gasteiger partial charge in [-0.25, -0.2) is 9.82 Å². The zero-order valence-electron chi connectivity index (χ0n) is 10.7. The van der Waals surface area contributed by atoms with Gasteiger partial charge >= 0.3 is 0 Å². The molecule has 0 radical (unpaired) electrons. The number of hydrogen-bond donors (Lipinski definition) is 1. The summed E-state index contributed by atoms with van der Waals surface area (Å²) in [5, 5.41) is 4.53. The van der Waals surface area contributed by atoms with Gasteiger partial charge in [0.05, 0.1) is 11.3 Å². The second kappa shape index (κ2) is 6.30. The van der Waals surface area contributed by atoms with E-state index < -0.39 is 11.7 Å². The summed E-state index contributed by atoms with van der Waals surface area (Å²) in [7, 11) is 0. The lowest BCUT2D eigenvalue weighted by Crippen LogP contribution is -2.20. The van der Waals surface area contributed by atoms with Gasteiger partial charge in [0, 0.05) is 5.02 Å². The summed E-state index contributed by atoms with van der Waals surface area (Å²) in [5.74, 6) is -1.18. The van der Waals surface area contributed by atoms with Crippen LogP contribution in [0.25, 0.3) is 0 Å². The number of carbonyl (C=O) groups is 1. The molecule has 0 aliphatic carbocycles. The average molecular weight is 291 g/mol. The molecule has 0 aliphatic heterocycles. The van der Waals surface area contributed by atoms with E-state index in [-0.39, 0.29) is 5.56 Å². The van der Waals surface area contributed by atoms with Crippen LogP contribution in [0.5, 0.6) is 0 Å². The van der Waals surface area contributed by atoms with Crippen molar-refractivity contribution in [3.8, 4) is 0 Å². The summed E-state index contributed by atoms with van der Waals surface area (Å²) in [6.45, 7) is 1.73. The lowest BCUT2D eigenvalue weighted by molar-refractivity contribution is 0.0951. The third-order valence-corrected chi connectivity index (χ3v) is 2.92. The molecule has 2 aromatic carbocycles. The van der Waals surface area contributed by atoms with Crippen molar-refractivity contribution >= 4 is 23.2 Å². The summed E-state index contributed by atoms with van der Waals surface area (Å²) >= 11 is 5.88. The summed E-state index contributed by atoms with van der Waals surface area (Å²) < 4.78 is 13.4. The van der Waals surface area contributed by atoms with E-state index in [1.54, 1.807) is 31.2 Å². The maximum absolute atomic E-state index is 13.4. The largest absolute Gasteiger partial charge is 0.274 e. The molecule has 0 heterocycles. The van der Waals surface area contributed by atoms with Crippen LogP contribution in [0.4, 0.5) is 4.39 Å². The van der Waals surface area contributed by atoms with Gasteiger partial charge in [0.2, 0.25) is 0 Å². The third kappa shape index (κ3) is 3.42. The highest BCUT2D eigenvalue weighted by atomic mass is 35.5. The fourth-order valence-corrected chi connectivity index (χ4v) is 1.81. The lowest BCUT2D eigenvalue weighted by Gasteiger charge is -2.04. The normalized spacial score (nSPS) is 11.2. The monoisotopic (exact) mass is 290 g/mol. The fraction of sp³-hybridized carbons (Fsp3) is 0.0667. The molecule has 0 aliphatic rings. The van der Waals surface area contributed by atoms with Gasteiger partial charge in [-0.3, -0.25) is 4.79 Å². The molecular weight excluding hydrogens is 279 g/mol. The first-order chi connectivity index (χ1) is 9.58. The van der Waals surface area contributed by atoms with Crippen molar-refractivity contribution in [3.63, 3.8) is 0 Å². The van der Waals surface area contributed by atoms with Crippen molar-refractivity contribution in [2.75, 3.05) is 0 Å². The average Bonchev–Trinajstić information content (AvgIpc) is 2.45. The van der Waals surface area contributed by atoms with Crippen LogP contribution in [0.3, 0.4) is 0 Å². The molecule has 2 aromatic rings.